The van der Waals surface area contributed by atoms with Gasteiger partial charge in [0.15, 0.2) is 11.2 Å². The van der Waals surface area contributed by atoms with Crippen molar-refractivity contribution in [3.8, 4) is 0 Å². The molecule has 11 heavy (non-hydrogen) atoms. The van der Waals surface area contributed by atoms with Crippen molar-refractivity contribution in [1.82, 2.24) is 4.98 Å². The minimum Gasteiger partial charge on any atom is -0.464 e. The van der Waals surface area contributed by atoms with E-state index in [1.54, 1.807) is 0 Å². The molecule has 0 fully saturated rings. The van der Waals surface area contributed by atoms with Crippen molar-refractivity contribution in [2.45, 2.75) is 13.3 Å². The van der Waals surface area contributed by atoms with E-state index in [4.69, 9.17) is 0 Å². The monoisotopic (exact) mass is 170 g/mol. The van der Waals surface area contributed by atoms with Crippen LogP contribution >= 0.6 is 11.3 Å². The van der Waals surface area contributed by atoms with Crippen LogP contribution in [-0.2, 0) is 11.2 Å². The van der Waals surface area contributed by atoms with Crippen molar-refractivity contribution in [2.75, 3.05) is 7.11 Å². The molecule has 1 heterocycles. The van der Waals surface area contributed by atoms with Gasteiger partial charge in [-0.25, -0.2) is 9.78 Å². The number of carbonyl (C=O) groups is 1. The summed E-state index contributed by atoms with van der Waals surface area (Å²) in [5.74, 6) is -0.376. The Labute approximate surface area is 69.0 Å². The number of carbonyl (C=O) groups excluding carboxylic acids is 1. The SMILES string of the molecule is CCc1s[c]nc1C(=O)OC. The Bertz CT molecular complexity index is 257. The number of ether oxygens (including phenoxy) is 1. The lowest BCUT2D eigenvalue weighted by atomic mass is 10.3. The molecule has 4 heteroatoms. The average molecular weight is 170 g/mol. The van der Waals surface area contributed by atoms with Crippen molar-refractivity contribution in [1.29, 1.82) is 0 Å². The van der Waals surface area contributed by atoms with Gasteiger partial charge in [-0.05, 0) is 6.42 Å². The minimum atomic E-state index is -0.376. The number of hydrogen-bond acceptors (Lipinski definition) is 4. The number of thiazole rings is 1. The third-order valence-electron chi connectivity index (χ3n) is 1.29. The molecule has 0 N–H and O–H groups in total. The Morgan fingerprint density at radius 2 is 2.55 bits per heavy atom. The van der Waals surface area contributed by atoms with Crippen LogP contribution in [0.2, 0.25) is 0 Å². The fraction of sp³-hybridized carbons (Fsp3) is 0.429. The first-order valence-corrected chi connectivity index (χ1v) is 4.05. The second-order valence-electron chi connectivity index (χ2n) is 1.92. The maximum absolute atomic E-state index is 11.0. The Hall–Kier alpha value is -0.900. The second-order valence-corrected chi connectivity index (χ2v) is 2.80. The number of esters is 1. The van der Waals surface area contributed by atoms with E-state index in [1.807, 2.05) is 6.92 Å². The molecule has 1 aromatic heterocycles. The zero-order chi connectivity index (χ0) is 8.27. The van der Waals surface area contributed by atoms with E-state index in [0.717, 1.165) is 11.3 Å². The average Bonchev–Trinajstić information content (AvgIpc) is 2.50. The molecule has 0 amide bonds. The molecule has 59 valence electrons. The summed E-state index contributed by atoms with van der Waals surface area (Å²) in [7, 11) is 1.35. The number of rotatable bonds is 2. The van der Waals surface area contributed by atoms with Gasteiger partial charge in [-0.3, -0.25) is 0 Å². The predicted octanol–water partition coefficient (Wildman–Crippen LogP) is 1.29. The topological polar surface area (TPSA) is 39.2 Å². The van der Waals surface area contributed by atoms with Gasteiger partial charge in [-0.2, -0.15) is 0 Å². The zero-order valence-corrected chi connectivity index (χ0v) is 7.20. The number of hydrogen-bond donors (Lipinski definition) is 0. The van der Waals surface area contributed by atoms with Gasteiger partial charge < -0.3 is 4.74 Å². The summed E-state index contributed by atoms with van der Waals surface area (Å²) in [5.41, 5.74) is 3.06. The van der Waals surface area contributed by atoms with Crippen LogP contribution in [0.1, 0.15) is 22.3 Å². The predicted molar refractivity (Wildman–Crippen MR) is 41.7 cm³/mol. The highest BCUT2D eigenvalue weighted by Crippen LogP contribution is 2.13. The van der Waals surface area contributed by atoms with Crippen LogP contribution in [-0.4, -0.2) is 18.1 Å². The van der Waals surface area contributed by atoms with Gasteiger partial charge in [0.05, 0.1) is 7.11 Å². The Morgan fingerprint density at radius 1 is 1.82 bits per heavy atom. The summed E-state index contributed by atoms with van der Waals surface area (Å²) in [6, 6.07) is 0. The molecule has 0 aliphatic rings. The molecular weight excluding hydrogens is 162 g/mol. The van der Waals surface area contributed by atoms with E-state index in [-0.39, 0.29) is 5.97 Å². The normalized spacial score (nSPS) is 9.64. The largest absolute Gasteiger partial charge is 0.464 e. The van der Waals surface area contributed by atoms with Gasteiger partial charge in [0.25, 0.3) is 0 Å². The van der Waals surface area contributed by atoms with Gasteiger partial charge in [0, 0.05) is 4.88 Å². The summed E-state index contributed by atoms with van der Waals surface area (Å²) in [6.45, 7) is 1.97. The first-order chi connectivity index (χ1) is 5.29. The van der Waals surface area contributed by atoms with Gasteiger partial charge >= 0.3 is 5.97 Å². The Balaban J connectivity index is 2.92. The molecule has 0 unspecified atom stereocenters. The van der Waals surface area contributed by atoms with Crippen molar-refractivity contribution in [2.24, 2.45) is 0 Å². The lowest BCUT2D eigenvalue weighted by molar-refractivity contribution is 0.0594. The van der Waals surface area contributed by atoms with Gasteiger partial charge in [-0.1, -0.05) is 6.92 Å². The fourth-order valence-electron chi connectivity index (χ4n) is 0.730. The quantitative estimate of drug-likeness (QED) is 0.628. The van der Waals surface area contributed by atoms with Crippen LogP contribution < -0.4 is 0 Å². The highest BCUT2D eigenvalue weighted by Gasteiger charge is 2.13. The molecule has 0 aliphatic carbocycles. The summed E-state index contributed by atoms with van der Waals surface area (Å²) in [5, 5.41) is 0. The van der Waals surface area contributed by atoms with Crippen LogP contribution in [0.4, 0.5) is 0 Å². The molecule has 1 rings (SSSR count). The molecule has 0 spiro atoms. The highest BCUT2D eigenvalue weighted by atomic mass is 32.1. The maximum atomic E-state index is 11.0. The van der Waals surface area contributed by atoms with E-state index in [1.165, 1.54) is 18.4 Å². The van der Waals surface area contributed by atoms with Crippen LogP contribution in [0, 0.1) is 5.51 Å². The van der Waals surface area contributed by atoms with Crippen molar-refractivity contribution < 1.29 is 9.53 Å². The molecule has 0 aliphatic heterocycles. The summed E-state index contributed by atoms with van der Waals surface area (Å²) < 4.78 is 4.52. The van der Waals surface area contributed by atoms with Crippen LogP contribution in [0.25, 0.3) is 0 Å². The third kappa shape index (κ3) is 1.57. The lowest BCUT2D eigenvalue weighted by Gasteiger charge is -1.95. The zero-order valence-electron chi connectivity index (χ0n) is 6.38. The first kappa shape index (κ1) is 8.20. The molecule has 0 saturated heterocycles. The molecule has 3 nitrogen and oxygen atoms in total. The van der Waals surface area contributed by atoms with E-state index >= 15 is 0 Å². The maximum Gasteiger partial charge on any atom is 0.357 e. The molecular formula is C7H8NO2S. The smallest absolute Gasteiger partial charge is 0.357 e. The van der Waals surface area contributed by atoms with Crippen molar-refractivity contribution in [3.05, 3.63) is 16.1 Å². The number of nitrogens with zero attached hydrogens (tertiary/aromatic N) is 1. The van der Waals surface area contributed by atoms with Gasteiger partial charge in [0.1, 0.15) is 0 Å². The van der Waals surface area contributed by atoms with E-state index in [0.29, 0.717) is 5.69 Å². The lowest BCUT2D eigenvalue weighted by Crippen LogP contribution is -2.03. The highest BCUT2D eigenvalue weighted by molar-refractivity contribution is 7.09. The molecule has 0 saturated carbocycles. The summed E-state index contributed by atoms with van der Waals surface area (Å²) in [6.07, 6.45) is 0.797. The minimum absolute atomic E-state index is 0.376. The number of aryl methyl sites for hydroxylation is 1. The molecule has 1 radical (unpaired) electrons. The van der Waals surface area contributed by atoms with Crippen LogP contribution in [0.15, 0.2) is 0 Å². The second kappa shape index (κ2) is 3.48. The van der Waals surface area contributed by atoms with E-state index in [2.05, 4.69) is 15.2 Å². The number of methoxy groups -OCH3 is 1. The Morgan fingerprint density at radius 3 is 3.09 bits per heavy atom. The van der Waals surface area contributed by atoms with Crippen LogP contribution in [0.3, 0.4) is 0 Å². The fourth-order valence-corrected chi connectivity index (χ4v) is 1.35. The van der Waals surface area contributed by atoms with E-state index < -0.39 is 0 Å². The third-order valence-corrected chi connectivity index (χ3v) is 2.20. The van der Waals surface area contributed by atoms with Crippen LogP contribution in [0.5, 0.6) is 0 Å². The standard InChI is InChI=1S/C7H8NO2S/c1-3-5-6(7(9)10-2)8-4-11-5/h3H2,1-2H3. The van der Waals surface area contributed by atoms with E-state index in [9.17, 15) is 4.79 Å². The number of aromatic nitrogens is 1. The molecule has 0 bridgehead atoms. The van der Waals surface area contributed by atoms with Crippen molar-refractivity contribution >= 4 is 17.3 Å². The van der Waals surface area contributed by atoms with Gasteiger partial charge in [0.2, 0.25) is 0 Å². The molecule has 0 aromatic carbocycles. The molecule has 0 atom stereocenters. The van der Waals surface area contributed by atoms with Gasteiger partial charge in [-0.15, -0.1) is 11.3 Å². The molecule has 1 aromatic rings. The van der Waals surface area contributed by atoms with Crippen molar-refractivity contribution in [3.63, 3.8) is 0 Å². The Kier molecular flexibility index (Phi) is 2.59. The summed E-state index contributed by atoms with van der Waals surface area (Å²) >= 11 is 1.36. The summed E-state index contributed by atoms with van der Waals surface area (Å²) in [4.78, 5) is 15.7. The first-order valence-electron chi connectivity index (χ1n) is 3.23.